The molecule has 1 aromatic heterocycles. The first kappa shape index (κ1) is 19.1. The summed E-state index contributed by atoms with van der Waals surface area (Å²) in [7, 11) is 0. The molecule has 4 rings (SSSR count). The van der Waals surface area contributed by atoms with Crippen LogP contribution in [0.25, 0.3) is 16.5 Å². The largest absolute Gasteiger partial charge is 0.329 e. The van der Waals surface area contributed by atoms with E-state index in [9.17, 15) is 4.79 Å². The lowest BCUT2D eigenvalue weighted by molar-refractivity contribution is 0.515. The monoisotopic (exact) mass is 383 g/mol. The topological polar surface area (TPSA) is 60.0 Å². The molecule has 1 atom stereocenters. The van der Waals surface area contributed by atoms with Crippen molar-refractivity contribution in [2.75, 3.05) is 6.54 Å². The van der Waals surface area contributed by atoms with Crippen molar-refractivity contribution in [2.24, 2.45) is 5.73 Å². The van der Waals surface area contributed by atoms with Crippen molar-refractivity contribution in [3.05, 3.63) is 113 Å². The normalized spacial score (nSPS) is 12.2. The number of hydrogen-bond acceptors (Lipinski definition) is 3. The van der Waals surface area contributed by atoms with Crippen molar-refractivity contribution in [1.82, 2.24) is 9.88 Å². The molecule has 0 amide bonds. The molecule has 1 unspecified atom stereocenters. The summed E-state index contributed by atoms with van der Waals surface area (Å²) in [4.78, 5) is 12.5. The number of rotatable bonds is 7. The second-order valence-corrected chi connectivity index (χ2v) is 7.28. The van der Waals surface area contributed by atoms with E-state index in [-0.39, 0.29) is 11.6 Å². The Morgan fingerprint density at radius 3 is 2.34 bits per heavy atom. The van der Waals surface area contributed by atoms with Crippen molar-refractivity contribution in [1.29, 1.82) is 0 Å². The second kappa shape index (κ2) is 8.86. The summed E-state index contributed by atoms with van der Waals surface area (Å²) in [5.74, 6) is 0. The van der Waals surface area contributed by atoms with E-state index in [4.69, 9.17) is 5.73 Å². The standard InChI is InChI=1S/C25H25N3O/c26-17-23(27-18-20-10-11-21-6-4-5-7-22(21)14-20)15-19-12-13-28(25(29)16-19)24-8-2-1-3-9-24/h1-14,16,23,27H,15,17-18,26H2. The van der Waals surface area contributed by atoms with Crippen LogP contribution in [0.2, 0.25) is 0 Å². The van der Waals surface area contributed by atoms with Gasteiger partial charge in [-0.15, -0.1) is 0 Å². The molecule has 1 heterocycles. The molecule has 3 N–H and O–H groups in total. The molecule has 0 aliphatic rings. The van der Waals surface area contributed by atoms with Crippen LogP contribution in [0.4, 0.5) is 0 Å². The Kier molecular flexibility index (Phi) is 5.84. The molecule has 4 aromatic rings. The van der Waals surface area contributed by atoms with Gasteiger partial charge in [-0.1, -0.05) is 54.6 Å². The molecular formula is C25H25N3O. The zero-order valence-corrected chi connectivity index (χ0v) is 16.3. The van der Waals surface area contributed by atoms with E-state index >= 15 is 0 Å². The van der Waals surface area contributed by atoms with E-state index in [2.05, 4.69) is 47.8 Å². The fourth-order valence-electron chi connectivity index (χ4n) is 3.58. The van der Waals surface area contributed by atoms with Gasteiger partial charge in [0.1, 0.15) is 0 Å². The van der Waals surface area contributed by atoms with E-state index < -0.39 is 0 Å². The molecule has 3 aromatic carbocycles. The van der Waals surface area contributed by atoms with Gasteiger partial charge in [0, 0.05) is 37.1 Å². The lowest BCUT2D eigenvalue weighted by atomic mass is 10.0. The number of aromatic nitrogens is 1. The van der Waals surface area contributed by atoms with Crippen LogP contribution in [-0.2, 0) is 13.0 Å². The molecule has 146 valence electrons. The molecule has 0 radical (unpaired) electrons. The maximum absolute atomic E-state index is 12.5. The third-order valence-electron chi connectivity index (χ3n) is 5.19. The molecule has 0 saturated carbocycles. The second-order valence-electron chi connectivity index (χ2n) is 7.28. The number of benzene rings is 3. The van der Waals surface area contributed by atoms with Crippen LogP contribution in [0, 0.1) is 0 Å². The van der Waals surface area contributed by atoms with Crippen LogP contribution < -0.4 is 16.6 Å². The molecular weight excluding hydrogens is 358 g/mol. The van der Waals surface area contributed by atoms with Crippen molar-refractivity contribution < 1.29 is 0 Å². The third-order valence-corrected chi connectivity index (χ3v) is 5.19. The predicted octanol–water partition coefficient (Wildman–Crippen LogP) is 3.65. The molecule has 0 saturated heterocycles. The maximum atomic E-state index is 12.5. The van der Waals surface area contributed by atoms with Crippen molar-refractivity contribution in [2.45, 2.75) is 19.0 Å². The van der Waals surface area contributed by atoms with Gasteiger partial charge in [0.25, 0.3) is 5.56 Å². The van der Waals surface area contributed by atoms with Gasteiger partial charge in [-0.3, -0.25) is 9.36 Å². The van der Waals surface area contributed by atoms with Gasteiger partial charge in [-0.05, 0) is 52.6 Å². The summed E-state index contributed by atoms with van der Waals surface area (Å²) in [6, 6.07) is 28.3. The highest BCUT2D eigenvalue weighted by molar-refractivity contribution is 5.82. The van der Waals surface area contributed by atoms with Crippen LogP contribution in [0.15, 0.2) is 95.9 Å². The molecule has 0 fully saturated rings. The van der Waals surface area contributed by atoms with E-state index in [1.165, 1.54) is 16.3 Å². The molecule has 0 bridgehead atoms. The van der Waals surface area contributed by atoms with Gasteiger partial charge in [0.05, 0.1) is 0 Å². The van der Waals surface area contributed by atoms with Crippen LogP contribution in [0.3, 0.4) is 0 Å². The van der Waals surface area contributed by atoms with E-state index in [0.717, 1.165) is 24.2 Å². The van der Waals surface area contributed by atoms with Crippen molar-refractivity contribution in [3.8, 4) is 5.69 Å². The Labute approximate surface area is 170 Å². The summed E-state index contributed by atoms with van der Waals surface area (Å²) in [5.41, 5.74) is 9.04. The number of nitrogens with zero attached hydrogens (tertiary/aromatic N) is 1. The van der Waals surface area contributed by atoms with Gasteiger partial charge in [-0.2, -0.15) is 0 Å². The SMILES string of the molecule is NCC(Cc1ccn(-c2ccccc2)c(=O)c1)NCc1ccc2ccccc2c1. The summed E-state index contributed by atoms with van der Waals surface area (Å²) >= 11 is 0. The molecule has 4 heteroatoms. The Bertz CT molecular complexity index is 1150. The smallest absolute Gasteiger partial charge is 0.255 e. The number of pyridine rings is 1. The summed E-state index contributed by atoms with van der Waals surface area (Å²) in [5, 5.41) is 6.01. The summed E-state index contributed by atoms with van der Waals surface area (Å²) in [6.45, 7) is 1.25. The molecule has 4 nitrogen and oxygen atoms in total. The van der Waals surface area contributed by atoms with Crippen LogP contribution in [0.5, 0.6) is 0 Å². The number of para-hydroxylation sites is 1. The van der Waals surface area contributed by atoms with Gasteiger partial charge in [0.2, 0.25) is 0 Å². The first-order valence-corrected chi connectivity index (χ1v) is 9.91. The Morgan fingerprint density at radius 1 is 0.828 bits per heavy atom. The third kappa shape index (κ3) is 4.62. The van der Waals surface area contributed by atoms with Crippen molar-refractivity contribution >= 4 is 10.8 Å². The highest BCUT2D eigenvalue weighted by Gasteiger charge is 2.09. The number of nitrogens with two attached hydrogens (primary N) is 1. The summed E-state index contributed by atoms with van der Waals surface area (Å²) < 4.78 is 1.66. The first-order chi connectivity index (χ1) is 14.2. The van der Waals surface area contributed by atoms with E-state index in [1.807, 2.05) is 42.6 Å². The van der Waals surface area contributed by atoms with Crippen LogP contribution >= 0.6 is 0 Å². The minimum Gasteiger partial charge on any atom is -0.329 e. The minimum absolute atomic E-state index is 0.0287. The molecule has 0 aliphatic carbocycles. The zero-order chi connectivity index (χ0) is 20.1. The molecule has 0 spiro atoms. The number of fused-ring (bicyclic) bond motifs is 1. The lowest BCUT2D eigenvalue weighted by Gasteiger charge is -2.17. The predicted molar refractivity (Wildman–Crippen MR) is 119 cm³/mol. The first-order valence-electron chi connectivity index (χ1n) is 9.91. The number of hydrogen-bond donors (Lipinski definition) is 2. The van der Waals surface area contributed by atoms with Gasteiger partial charge in [-0.25, -0.2) is 0 Å². The zero-order valence-electron chi connectivity index (χ0n) is 16.3. The van der Waals surface area contributed by atoms with E-state index in [1.54, 1.807) is 10.6 Å². The highest BCUT2D eigenvalue weighted by atomic mass is 16.1. The van der Waals surface area contributed by atoms with Crippen LogP contribution in [-0.4, -0.2) is 17.2 Å². The summed E-state index contributed by atoms with van der Waals surface area (Å²) in [6.07, 6.45) is 2.55. The minimum atomic E-state index is -0.0287. The lowest BCUT2D eigenvalue weighted by Crippen LogP contribution is -2.37. The Hall–Kier alpha value is -3.21. The van der Waals surface area contributed by atoms with Crippen LogP contribution in [0.1, 0.15) is 11.1 Å². The average molecular weight is 383 g/mol. The average Bonchev–Trinajstić information content (AvgIpc) is 2.77. The Morgan fingerprint density at radius 2 is 1.59 bits per heavy atom. The van der Waals surface area contributed by atoms with Gasteiger partial charge in [0.15, 0.2) is 0 Å². The quantitative estimate of drug-likeness (QED) is 0.512. The highest BCUT2D eigenvalue weighted by Crippen LogP contribution is 2.15. The van der Waals surface area contributed by atoms with E-state index in [0.29, 0.717) is 6.54 Å². The fraction of sp³-hybridized carbons (Fsp3) is 0.160. The van der Waals surface area contributed by atoms with Gasteiger partial charge >= 0.3 is 0 Å². The van der Waals surface area contributed by atoms with Crippen molar-refractivity contribution in [3.63, 3.8) is 0 Å². The molecule has 0 aliphatic heterocycles. The molecule has 29 heavy (non-hydrogen) atoms. The Balaban J connectivity index is 1.43. The van der Waals surface area contributed by atoms with Gasteiger partial charge < -0.3 is 11.1 Å². The number of nitrogens with one attached hydrogen (secondary N) is 1. The maximum Gasteiger partial charge on any atom is 0.255 e. The fourth-order valence-corrected chi connectivity index (χ4v) is 3.58.